The minimum Gasteiger partial charge on any atom is -0.454 e. The number of benzene rings is 1. The Bertz CT molecular complexity index is 569. The van der Waals surface area contributed by atoms with Crippen LogP contribution in [0.15, 0.2) is 36.4 Å². The number of hydrogen-bond donors (Lipinski definition) is 1. The van der Waals surface area contributed by atoms with Gasteiger partial charge in [0.05, 0.1) is 12.2 Å². The third-order valence-electron chi connectivity index (χ3n) is 2.79. The van der Waals surface area contributed by atoms with Gasteiger partial charge in [-0.25, -0.2) is 0 Å². The second-order valence-electron chi connectivity index (χ2n) is 4.19. The first kappa shape index (κ1) is 10.9. The first-order valence-electron chi connectivity index (χ1n) is 5.87. The van der Waals surface area contributed by atoms with Gasteiger partial charge >= 0.3 is 0 Å². The van der Waals surface area contributed by atoms with Gasteiger partial charge in [0, 0.05) is 17.4 Å². The molecular formula is C14H14N2O2. The van der Waals surface area contributed by atoms with Crippen molar-refractivity contribution >= 4 is 5.69 Å². The van der Waals surface area contributed by atoms with Crippen molar-refractivity contribution in [3.63, 3.8) is 0 Å². The van der Waals surface area contributed by atoms with Gasteiger partial charge in [0.2, 0.25) is 6.79 Å². The summed E-state index contributed by atoms with van der Waals surface area (Å²) in [5.74, 6) is 1.59. The second kappa shape index (κ2) is 4.56. The predicted octanol–water partition coefficient (Wildman–Crippen LogP) is 2.73. The number of rotatable bonds is 3. The first-order chi connectivity index (χ1) is 8.81. The summed E-state index contributed by atoms with van der Waals surface area (Å²) in [6.45, 7) is 2.99. The van der Waals surface area contributed by atoms with Crippen LogP contribution in [0.3, 0.4) is 0 Å². The van der Waals surface area contributed by atoms with Gasteiger partial charge in [-0.3, -0.25) is 4.98 Å². The van der Waals surface area contributed by atoms with Crippen molar-refractivity contribution in [2.45, 2.75) is 13.5 Å². The topological polar surface area (TPSA) is 43.4 Å². The molecule has 0 amide bonds. The molecule has 18 heavy (non-hydrogen) atoms. The van der Waals surface area contributed by atoms with Gasteiger partial charge in [-0.15, -0.1) is 0 Å². The molecule has 0 aliphatic carbocycles. The lowest BCUT2D eigenvalue weighted by molar-refractivity contribution is 0.174. The lowest BCUT2D eigenvalue weighted by atomic mass is 10.2. The molecule has 0 spiro atoms. The average molecular weight is 242 g/mol. The largest absolute Gasteiger partial charge is 0.454 e. The molecule has 0 bridgehead atoms. The van der Waals surface area contributed by atoms with Gasteiger partial charge in [-0.2, -0.15) is 0 Å². The number of pyridine rings is 1. The summed E-state index contributed by atoms with van der Waals surface area (Å²) in [5.41, 5.74) is 3.05. The summed E-state index contributed by atoms with van der Waals surface area (Å²) in [4.78, 5) is 4.44. The lowest BCUT2D eigenvalue weighted by Crippen LogP contribution is -2.02. The predicted molar refractivity (Wildman–Crippen MR) is 68.9 cm³/mol. The Labute approximate surface area is 106 Å². The van der Waals surface area contributed by atoms with Gasteiger partial charge in [-0.1, -0.05) is 6.07 Å². The highest BCUT2D eigenvalue weighted by molar-refractivity contribution is 5.55. The summed E-state index contributed by atoms with van der Waals surface area (Å²) in [6, 6.07) is 11.8. The SMILES string of the molecule is Cc1cccc(CNc2ccc3c(c2)OCO3)n1. The molecular weight excluding hydrogens is 228 g/mol. The van der Waals surface area contributed by atoms with Crippen LogP contribution in [-0.2, 0) is 6.54 Å². The van der Waals surface area contributed by atoms with E-state index in [0.29, 0.717) is 13.3 Å². The zero-order valence-electron chi connectivity index (χ0n) is 10.1. The Hall–Kier alpha value is -2.23. The fourth-order valence-corrected chi connectivity index (χ4v) is 1.90. The van der Waals surface area contributed by atoms with E-state index in [9.17, 15) is 0 Å². The van der Waals surface area contributed by atoms with Crippen LogP contribution < -0.4 is 14.8 Å². The summed E-state index contributed by atoms with van der Waals surface area (Å²) in [5, 5.41) is 3.32. The fourth-order valence-electron chi connectivity index (χ4n) is 1.90. The molecule has 0 fully saturated rings. The number of hydrogen-bond acceptors (Lipinski definition) is 4. The van der Waals surface area contributed by atoms with Crippen molar-refractivity contribution in [2.24, 2.45) is 0 Å². The number of nitrogens with zero attached hydrogens (tertiary/aromatic N) is 1. The van der Waals surface area contributed by atoms with E-state index in [-0.39, 0.29) is 0 Å². The maximum atomic E-state index is 5.33. The average Bonchev–Trinajstić information content (AvgIpc) is 2.84. The van der Waals surface area contributed by atoms with Crippen LogP contribution in [0.5, 0.6) is 11.5 Å². The summed E-state index contributed by atoms with van der Waals surface area (Å²) < 4.78 is 10.6. The molecule has 0 saturated heterocycles. The molecule has 92 valence electrons. The van der Waals surface area contributed by atoms with Crippen molar-refractivity contribution in [3.8, 4) is 11.5 Å². The Morgan fingerprint density at radius 3 is 2.94 bits per heavy atom. The molecule has 1 aromatic carbocycles. The minimum absolute atomic E-state index is 0.304. The van der Waals surface area contributed by atoms with Crippen LogP contribution >= 0.6 is 0 Å². The number of anilines is 1. The van der Waals surface area contributed by atoms with E-state index in [4.69, 9.17) is 9.47 Å². The van der Waals surface area contributed by atoms with Crippen molar-refractivity contribution in [2.75, 3.05) is 12.1 Å². The van der Waals surface area contributed by atoms with Gasteiger partial charge in [0.1, 0.15) is 0 Å². The molecule has 2 aromatic rings. The van der Waals surface area contributed by atoms with Gasteiger partial charge in [-0.05, 0) is 31.2 Å². The summed E-state index contributed by atoms with van der Waals surface area (Å²) in [6.07, 6.45) is 0. The lowest BCUT2D eigenvalue weighted by Gasteiger charge is -2.07. The van der Waals surface area contributed by atoms with E-state index in [1.54, 1.807) is 0 Å². The molecule has 0 saturated carbocycles. The number of nitrogens with one attached hydrogen (secondary N) is 1. The van der Waals surface area contributed by atoms with Crippen LogP contribution in [0, 0.1) is 6.92 Å². The van der Waals surface area contributed by atoms with E-state index in [2.05, 4.69) is 10.3 Å². The van der Waals surface area contributed by atoms with Gasteiger partial charge < -0.3 is 14.8 Å². The van der Waals surface area contributed by atoms with Crippen molar-refractivity contribution in [1.29, 1.82) is 0 Å². The van der Waals surface area contributed by atoms with Crippen LogP contribution in [-0.4, -0.2) is 11.8 Å². The maximum Gasteiger partial charge on any atom is 0.231 e. The molecule has 0 atom stereocenters. The highest BCUT2D eigenvalue weighted by Gasteiger charge is 2.12. The molecule has 1 aliphatic heterocycles. The van der Waals surface area contributed by atoms with Crippen LogP contribution in [0.2, 0.25) is 0 Å². The summed E-state index contributed by atoms with van der Waals surface area (Å²) in [7, 11) is 0. The molecule has 2 heterocycles. The molecule has 1 aliphatic rings. The van der Waals surface area contributed by atoms with Gasteiger partial charge in [0.15, 0.2) is 11.5 Å². The van der Waals surface area contributed by atoms with Crippen molar-refractivity contribution < 1.29 is 9.47 Å². The van der Waals surface area contributed by atoms with E-state index in [1.165, 1.54) is 0 Å². The van der Waals surface area contributed by atoms with E-state index in [1.807, 2.05) is 43.3 Å². The third kappa shape index (κ3) is 2.22. The molecule has 3 rings (SSSR count). The molecule has 1 N–H and O–H groups in total. The third-order valence-corrected chi connectivity index (χ3v) is 2.79. The number of ether oxygens (including phenoxy) is 2. The van der Waals surface area contributed by atoms with E-state index < -0.39 is 0 Å². The van der Waals surface area contributed by atoms with Crippen LogP contribution in [0.1, 0.15) is 11.4 Å². The smallest absolute Gasteiger partial charge is 0.231 e. The monoisotopic (exact) mass is 242 g/mol. The number of aryl methyl sites for hydroxylation is 1. The first-order valence-corrected chi connectivity index (χ1v) is 5.87. The Morgan fingerprint density at radius 2 is 2.06 bits per heavy atom. The highest BCUT2D eigenvalue weighted by Crippen LogP contribution is 2.34. The van der Waals surface area contributed by atoms with Crippen LogP contribution in [0.4, 0.5) is 5.69 Å². The molecule has 1 aromatic heterocycles. The zero-order chi connectivity index (χ0) is 12.4. The summed E-state index contributed by atoms with van der Waals surface area (Å²) >= 11 is 0. The minimum atomic E-state index is 0.304. The van der Waals surface area contributed by atoms with Crippen LogP contribution in [0.25, 0.3) is 0 Å². The Balaban J connectivity index is 1.70. The normalized spacial score (nSPS) is 12.5. The standard InChI is InChI=1S/C14H14N2O2/c1-10-3-2-4-12(16-10)8-15-11-5-6-13-14(7-11)18-9-17-13/h2-7,15H,8-9H2,1H3. The molecule has 4 nitrogen and oxygen atoms in total. The number of aromatic nitrogens is 1. The second-order valence-corrected chi connectivity index (χ2v) is 4.19. The maximum absolute atomic E-state index is 5.33. The molecule has 0 radical (unpaired) electrons. The zero-order valence-corrected chi connectivity index (χ0v) is 10.1. The fraction of sp³-hybridized carbons (Fsp3) is 0.214. The van der Waals surface area contributed by atoms with Crippen molar-refractivity contribution in [1.82, 2.24) is 4.98 Å². The molecule has 4 heteroatoms. The quantitative estimate of drug-likeness (QED) is 0.898. The van der Waals surface area contributed by atoms with E-state index >= 15 is 0 Å². The Kier molecular flexibility index (Phi) is 2.76. The van der Waals surface area contributed by atoms with Crippen molar-refractivity contribution in [3.05, 3.63) is 47.8 Å². The highest BCUT2D eigenvalue weighted by atomic mass is 16.7. The van der Waals surface area contributed by atoms with Gasteiger partial charge in [0.25, 0.3) is 0 Å². The number of fused-ring (bicyclic) bond motifs is 1. The van der Waals surface area contributed by atoms with E-state index in [0.717, 1.165) is 28.6 Å². The molecule has 0 unspecified atom stereocenters. The Morgan fingerprint density at radius 1 is 1.17 bits per heavy atom.